The number of rotatable bonds is 5. The maximum Gasteiger partial charge on any atom is 0.330 e. The van der Waals surface area contributed by atoms with Gasteiger partial charge in [0.25, 0.3) is 5.56 Å². The average molecular weight is 396 g/mol. The van der Waals surface area contributed by atoms with Gasteiger partial charge in [0.2, 0.25) is 6.36 Å². The van der Waals surface area contributed by atoms with Gasteiger partial charge in [-0.05, 0) is 24.3 Å². The molecule has 0 saturated carbocycles. The van der Waals surface area contributed by atoms with E-state index in [0.717, 1.165) is 6.20 Å². The number of hydrogen-bond acceptors (Lipinski definition) is 8. The normalized spacial score (nSPS) is 25.5. The summed E-state index contributed by atoms with van der Waals surface area (Å²) in [5.41, 5.74) is -2.35. The maximum absolute atomic E-state index is 13.1. The van der Waals surface area contributed by atoms with Crippen molar-refractivity contribution in [1.29, 1.82) is 0 Å². The molecule has 150 valence electrons. The lowest BCUT2D eigenvalue weighted by Gasteiger charge is -2.17. The van der Waals surface area contributed by atoms with Crippen LogP contribution in [0.5, 0.6) is 5.75 Å². The van der Waals surface area contributed by atoms with Gasteiger partial charge in [-0.25, -0.2) is 9.18 Å². The molecular weight excluding hydrogens is 379 g/mol. The lowest BCUT2D eigenvalue weighted by Crippen LogP contribution is -2.40. The van der Waals surface area contributed by atoms with E-state index < -0.39 is 53.5 Å². The quantitative estimate of drug-likeness (QED) is 0.455. The zero-order valence-corrected chi connectivity index (χ0v) is 14.5. The fourth-order valence-electron chi connectivity index (χ4n) is 2.88. The van der Waals surface area contributed by atoms with Crippen molar-refractivity contribution in [2.75, 3.05) is 7.11 Å². The van der Waals surface area contributed by atoms with Gasteiger partial charge in [-0.1, -0.05) is 0 Å². The number of ether oxygens (including phenoxy) is 2. The number of benzene rings is 1. The van der Waals surface area contributed by atoms with E-state index in [1.807, 2.05) is 4.98 Å². The summed E-state index contributed by atoms with van der Waals surface area (Å²) < 4.78 is 23.8. The topological polar surface area (TPSA) is 151 Å². The predicted octanol–water partition coefficient (Wildman–Crippen LogP) is -1.32. The summed E-state index contributed by atoms with van der Waals surface area (Å²) in [5, 5.41) is 28.8. The fraction of sp³-hybridized carbons (Fsp3) is 0.353. The molecule has 4 N–H and O–H groups in total. The van der Waals surface area contributed by atoms with Crippen LogP contribution in [0.15, 0.2) is 40.1 Å². The highest BCUT2D eigenvalue weighted by atomic mass is 19.1. The van der Waals surface area contributed by atoms with Gasteiger partial charge in [-0.2, -0.15) is 0 Å². The summed E-state index contributed by atoms with van der Waals surface area (Å²) in [6.07, 6.45) is -8.82. The molecule has 1 aliphatic heterocycles. The molecule has 2 heterocycles. The molecule has 0 aliphatic carbocycles. The number of aliphatic hydroxyl groups is 3. The molecule has 1 aromatic carbocycles. The minimum atomic E-state index is -2.62. The number of ketones is 1. The Morgan fingerprint density at radius 1 is 1.25 bits per heavy atom. The number of H-pyrrole nitrogens is 1. The summed E-state index contributed by atoms with van der Waals surface area (Å²) in [6, 6.07) is 5.84. The Labute approximate surface area is 156 Å². The lowest BCUT2D eigenvalue weighted by molar-refractivity contribution is -0.131. The van der Waals surface area contributed by atoms with E-state index in [4.69, 9.17) is 14.6 Å². The molecule has 5 atom stereocenters. The molecule has 0 amide bonds. The van der Waals surface area contributed by atoms with Crippen LogP contribution in [0.1, 0.15) is 22.1 Å². The van der Waals surface area contributed by atoms with Crippen molar-refractivity contribution in [2.24, 2.45) is 0 Å². The number of alkyl halides is 1. The van der Waals surface area contributed by atoms with Crippen molar-refractivity contribution >= 4 is 5.78 Å². The Balaban J connectivity index is 2.00. The minimum absolute atomic E-state index is 0.126. The number of carbonyl (C=O) groups excluding carboxylic acids is 1. The second-order valence-electron chi connectivity index (χ2n) is 6.11. The third-order valence-corrected chi connectivity index (χ3v) is 4.39. The first-order valence-corrected chi connectivity index (χ1v) is 8.12. The number of halogens is 1. The first-order valence-electron chi connectivity index (χ1n) is 8.12. The van der Waals surface area contributed by atoms with Crippen LogP contribution < -0.4 is 16.0 Å². The summed E-state index contributed by atoms with van der Waals surface area (Å²) >= 11 is 0. The summed E-state index contributed by atoms with van der Waals surface area (Å²) in [6.45, 7) is 0. The number of carbonyl (C=O) groups is 1. The average Bonchev–Trinajstić information content (AvgIpc) is 2.97. The Kier molecular flexibility index (Phi) is 5.42. The third kappa shape index (κ3) is 3.47. The van der Waals surface area contributed by atoms with E-state index in [-0.39, 0.29) is 5.56 Å². The molecule has 1 fully saturated rings. The lowest BCUT2D eigenvalue weighted by atomic mass is 10.1. The summed E-state index contributed by atoms with van der Waals surface area (Å²) in [5.74, 6) is -0.240. The highest BCUT2D eigenvalue weighted by Gasteiger charge is 2.47. The van der Waals surface area contributed by atoms with Crippen LogP contribution in [0.25, 0.3) is 0 Å². The second-order valence-corrected chi connectivity index (χ2v) is 6.11. The molecule has 10 nitrogen and oxygen atoms in total. The van der Waals surface area contributed by atoms with Crippen molar-refractivity contribution in [3.63, 3.8) is 0 Å². The molecular formula is C17H17FN2O8. The maximum atomic E-state index is 13.1. The summed E-state index contributed by atoms with van der Waals surface area (Å²) in [4.78, 5) is 38.7. The number of methoxy groups -OCH3 is 1. The Morgan fingerprint density at radius 2 is 1.89 bits per heavy atom. The zero-order valence-electron chi connectivity index (χ0n) is 14.5. The van der Waals surface area contributed by atoms with Gasteiger partial charge in [0.15, 0.2) is 12.0 Å². The monoisotopic (exact) mass is 396 g/mol. The molecule has 28 heavy (non-hydrogen) atoms. The highest BCUT2D eigenvalue weighted by molar-refractivity contribution is 6.08. The Morgan fingerprint density at radius 3 is 2.43 bits per heavy atom. The number of aromatic nitrogens is 2. The van der Waals surface area contributed by atoms with E-state index >= 15 is 0 Å². The van der Waals surface area contributed by atoms with Crippen LogP contribution in [0.3, 0.4) is 0 Å². The highest BCUT2D eigenvalue weighted by Crippen LogP contribution is 2.30. The number of hydrogen-bond donors (Lipinski definition) is 4. The van der Waals surface area contributed by atoms with Gasteiger partial charge >= 0.3 is 5.69 Å². The molecule has 0 radical (unpaired) electrons. The molecule has 3 rings (SSSR count). The van der Waals surface area contributed by atoms with Crippen molar-refractivity contribution in [1.82, 2.24) is 9.55 Å². The van der Waals surface area contributed by atoms with Gasteiger partial charge < -0.3 is 24.8 Å². The number of nitrogens with zero attached hydrogens (tertiary/aromatic N) is 1. The van der Waals surface area contributed by atoms with Gasteiger partial charge in [0, 0.05) is 11.8 Å². The molecule has 0 bridgehead atoms. The first-order chi connectivity index (χ1) is 13.2. The van der Waals surface area contributed by atoms with Crippen molar-refractivity contribution < 1.29 is 34.0 Å². The van der Waals surface area contributed by atoms with E-state index in [1.165, 1.54) is 31.4 Å². The van der Waals surface area contributed by atoms with Gasteiger partial charge in [-0.15, -0.1) is 0 Å². The SMILES string of the molecule is COc1ccc(C(=O)c2cn([C@@H]3O[C@H](C(O)F)[C@@H](O)[C@H]3O)c(=O)[nH]c2=O)cc1. The molecule has 11 heteroatoms. The molecule has 2 aromatic rings. The fourth-order valence-corrected chi connectivity index (χ4v) is 2.88. The standard InChI is InChI=1S/C17H17FN2O8/c1-27-8-4-2-7(3-5-8)10(21)9-6-20(17(26)19-15(9)25)16-12(23)11(22)13(28-16)14(18)24/h2-6,11-14,16,22-24H,1H3,(H,19,25,26)/t11-,12+,13-,14?,16+/m0/s1. The van der Waals surface area contributed by atoms with Crippen molar-refractivity contribution in [2.45, 2.75) is 30.9 Å². The Bertz CT molecular complexity index is 984. The van der Waals surface area contributed by atoms with Gasteiger partial charge in [0.1, 0.15) is 29.6 Å². The van der Waals surface area contributed by atoms with Crippen molar-refractivity contribution in [3.8, 4) is 5.75 Å². The van der Waals surface area contributed by atoms with Gasteiger partial charge in [-0.3, -0.25) is 19.1 Å². The van der Waals surface area contributed by atoms with E-state index in [0.29, 0.717) is 10.3 Å². The second kappa shape index (κ2) is 7.64. The van der Waals surface area contributed by atoms with E-state index in [9.17, 15) is 29.0 Å². The van der Waals surface area contributed by atoms with Crippen LogP contribution in [-0.2, 0) is 4.74 Å². The van der Waals surface area contributed by atoms with Crippen LogP contribution in [0, 0.1) is 0 Å². The van der Waals surface area contributed by atoms with E-state index in [2.05, 4.69) is 0 Å². The molecule has 1 saturated heterocycles. The van der Waals surface area contributed by atoms with Gasteiger partial charge in [0.05, 0.1) is 7.11 Å². The Hall–Kier alpha value is -2.86. The third-order valence-electron chi connectivity index (χ3n) is 4.39. The number of nitrogens with one attached hydrogen (secondary N) is 1. The smallest absolute Gasteiger partial charge is 0.330 e. The summed E-state index contributed by atoms with van der Waals surface area (Å²) in [7, 11) is 1.44. The van der Waals surface area contributed by atoms with Crippen LogP contribution >= 0.6 is 0 Å². The predicted molar refractivity (Wildman–Crippen MR) is 90.8 cm³/mol. The first kappa shape index (κ1) is 19.9. The minimum Gasteiger partial charge on any atom is -0.497 e. The van der Waals surface area contributed by atoms with Crippen LogP contribution in [0.2, 0.25) is 0 Å². The molecule has 0 spiro atoms. The molecule has 1 aliphatic rings. The number of aliphatic hydroxyl groups excluding tert-OH is 3. The zero-order chi connectivity index (χ0) is 20.6. The largest absolute Gasteiger partial charge is 0.497 e. The molecule has 1 unspecified atom stereocenters. The van der Waals surface area contributed by atoms with Crippen LogP contribution in [0.4, 0.5) is 4.39 Å². The molecule has 1 aromatic heterocycles. The number of aromatic amines is 1. The van der Waals surface area contributed by atoms with E-state index in [1.54, 1.807) is 0 Å². The van der Waals surface area contributed by atoms with Crippen molar-refractivity contribution in [3.05, 3.63) is 62.4 Å². The van der Waals surface area contributed by atoms with Crippen LogP contribution in [-0.4, -0.2) is 62.4 Å².